The third-order valence-electron chi connectivity index (χ3n) is 15.5. The number of Topliss-reactive ketones (excluding diaryl/α,β-unsaturated/α-hetero) is 1. The van der Waals surface area contributed by atoms with Crippen molar-refractivity contribution in [3.05, 3.63) is 11.3 Å². The lowest BCUT2D eigenvalue weighted by Crippen LogP contribution is -2.67. The van der Waals surface area contributed by atoms with Gasteiger partial charge >= 0.3 is 0 Å². The molecule has 5 fully saturated rings. The van der Waals surface area contributed by atoms with E-state index in [2.05, 4.69) is 26.1 Å². The highest BCUT2D eigenvalue weighted by Gasteiger charge is 2.74. The van der Waals surface area contributed by atoms with E-state index < -0.39 is 64.4 Å². The van der Waals surface area contributed by atoms with Gasteiger partial charge < -0.3 is 40.7 Å². The topological polar surface area (TPSA) is 160 Å². The lowest BCUT2D eigenvalue weighted by atomic mass is 9.42. The van der Waals surface area contributed by atoms with E-state index >= 15 is 0 Å². The molecular weight excluding hydrogens is 634 g/mol. The molecule has 9 heteroatoms. The molecule has 14 atom stereocenters. The Morgan fingerprint density at radius 1 is 1.00 bits per heavy atom. The lowest BCUT2D eigenvalue weighted by molar-refractivity contribution is -0.216. The summed E-state index contributed by atoms with van der Waals surface area (Å²) in [5, 5.41) is 74.0. The Morgan fingerprint density at radius 3 is 2.40 bits per heavy atom. The van der Waals surface area contributed by atoms with E-state index in [-0.39, 0.29) is 42.9 Å². The fourth-order valence-electron chi connectivity index (χ4n) is 12.8. The molecule has 14 unspecified atom stereocenters. The molecule has 1 aliphatic heterocycles. The minimum absolute atomic E-state index is 0.0969. The van der Waals surface area contributed by atoms with Gasteiger partial charge in [0.05, 0.1) is 47.9 Å². The van der Waals surface area contributed by atoms with Gasteiger partial charge in [0.2, 0.25) is 0 Å². The normalized spacial score (nSPS) is 44.7. The van der Waals surface area contributed by atoms with E-state index in [0.717, 1.165) is 44.9 Å². The van der Waals surface area contributed by atoms with Crippen LogP contribution in [0.4, 0.5) is 0 Å². The molecule has 0 radical (unpaired) electrons. The molecule has 6 rings (SSSR count). The second-order valence-electron chi connectivity index (χ2n) is 18.4. The smallest absolute Gasteiger partial charge is 0.182 e. The molecular formula is C41H69NO8. The predicted octanol–water partition coefficient (Wildman–Crippen LogP) is 4.78. The van der Waals surface area contributed by atoms with Gasteiger partial charge in [0.25, 0.3) is 0 Å². The molecule has 4 saturated carbocycles. The van der Waals surface area contributed by atoms with Crippen molar-refractivity contribution in [2.45, 2.75) is 179 Å². The number of aliphatic hydroxyl groups is 6. The van der Waals surface area contributed by atoms with Crippen LogP contribution < -0.4 is 5.32 Å². The van der Waals surface area contributed by atoms with Crippen molar-refractivity contribution in [1.82, 2.24) is 5.32 Å². The summed E-state index contributed by atoms with van der Waals surface area (Å²) in [5.41, 5.74) is -3.36. The molecule has 1 heterocycles. The maximum Gasteiger partial charge on any atom is 0.182 e. The highest BCUT2D eigenvalue weighted by atomic mass is 16.5. The summed E-state index contributed by atoms with van der Waals surface area (Å²) < 4.78 is 6.34. The van der Waals surface area contributed by atoms with Gasteiger partial charge in [-0.15, -0.1) is 0 Å². The molecule has 0 bridgehead atoms. The Bertz CT molecular complexity index is 1250. The molecule has 5 aliphatic carbocycles. The number of hydrogen-bond donors (Lipinski definition) is 7. The van der Waals surface area contributed by atoms with Crippen molar-refractivity contribution in [3.63, 3.8) is 0 Å². The Hall–Kier alpha value is -1.07. The lowest BCUT2D eigenvalue weighted by Gasteiger charge is -2.64. The molecule has 0 aromatic heterocycles. The molecule has 0 amide bonds. The number of rotatable bonds is 12. The van der Waals surface area contributed by atoms with E-state index in [0.29, 0.717) is 49.5 Å². The van der Waals surface area contributed by atoms with Crippen molar-refractivity contribution in [2.75, 3.05) is 13.2 Å². The van der Waals surface area contributed by atoms with Gasteiger partial charge in [0.1, 0.15) is 6.10 Å². The Kier molecular flexibility index (Phi) is 11.3. The molecule has 0 spiro atoms. The summed E-state index contributed by atoms with van der Waals surface area (Å²) in [6.07, 6.45) is 9.20. The molecule has 1 saturated heterocycles. The van der Waals surface area contributed by atoms with Crippen molar-refractivity contribution in [1.29, 1.82) is 0 Å². The number of allylic oxidation sites excluding steroid dienone is 1. The maximum absolute atomic E-state index is 14.6. The Labute approximate surface area is 300 Å². The minimum Gasteiger partial charge on any atom is -0.392 e. The second kappa shape index (κ2) is 14.6. The number of nitrogens with one attached hydrogen (secondary N) is 1. The quantitative estimate of drug-likeness (QED) is 0.142. The first-order chi connectivity index (χ1) is 23.6. The molecule has 50 heavy (non-hydrogen) atoms. The average Bonchev–Trinajstić information content (AvgIpc) is 3.61. The number of unbranched alkanes of at least 4 members (excludes halogenated alkanes) is 3. The molecule has 7 N–H and O–H groups in total. The summed E-state index contributed by atoms with van der Waals surface area (Å²) in [4.78, 5) is 14.6. The van der Waals surface area contributed by atoms with Crippen LogP contribution in [0.1, 0.15) is 137 Å². The largest absolute Gasteiger partial charge is 0.392 e. The zero-order valence-electron chi connectivity index (χ0n) is 31.6. The van der Waals surface area contributed by atoms with Crippen LogP contribution >= 0.6 is 0 Å². The molecule has 0 aromatic carbocycles. The average molecular weight is 704 g/mol. The number of ketones is 1. The fraction of sp³-hybridized carbons (Fsp3) is 0.927. The van der Waals surface area contributed by atoms with E-state index in [4.69, 9.17) is 4.74 Å². The monoisotopic (exact) mass is 704 g/mol. The number of hydrogen-bond acceptors (Lipinski definition) is 9. The van der Waals surface area contributed by atoms with Crippen molar-refractivity contribution >= 4 is 5.78 Å². The van der Waals surface area contributed by atoms with E-state index in [1.54, 1.807) is 13.8 Å². The van der Waals surface area contributed by atoms with Crippen molar-refractivity contribution < 1.29 is 40.2 Å². The predicted molar refractivity (Wildman–Crippen MR) is 192 cm³/mol. The summed E-state index contributed by atoms with van der Waals surface area (Å²) >= 11 is 0. The zero-order valence-corrected chi connectivity index (χ0v) is 31.6. The molecule has 9 nitrogen and oxygen atoms in total. The standard InChI is InChI=1S/C41H69NO8/c1-6-7-8-10-13-26-23-50-36(25(26)3)37(47)39(5,48)32-17-19-41(49)33-28(16-18-40(32,41)27-14-11-9-12-15-27)38(4)21-31(45)30(44)20-29(38)35(46)34(33)42-22-24(2)43/h24-32,36-37,42-45,47-49H,6-23H2,1-5H3. The van der Waals surface area contributed by atoms with Gasteiger partial charge in [0, 0.05) is 17.9 Å². The molecule has 0 aromatic rings. The van der Waals surface area contributed by atoms with Crippen LogP contribution in [0, 0.1) is 46.3 Å². The fourth-order valence-corrected chi connectivity index (χ4v) is 12.8. The molecule has 6 aliphatic rings. The third-order valence-corrected chi connectivity index (χ3v) is 15.5. The van der Waals surface area contributed by atoms with Gasteiger partial charge in [-0.1, -0.05) is 65.7 Å². The first-order valence-corrected chi connectivity index (χ1v) is 20.5. The maximum atomic E-state index is 14.6. The summed E-state index contributed by atoms with van der Waals surface area (Å²) in [5.74, 6) is -0.786. The second-order valence-corrected chi connectivity index (χ2v) is 18.4. The van der Waals surface area contributed by atoms with Crippen LogP contribution in [0.3, 0.4) is 0 Å². The van der Waals surface area contributed by atoms with Gasteiger partial charge in [-0.25, -0.2) is 0 Å². The van der Waals surface area contributed by atoms with E-state index in [9.17, 15) is 35.4 Å². The van der Waals surface area contributed by atoms with Gasteiger partial charge in [-0.2, -0.15) is 0 Å². The van der Waals surface area contributed by atoms with Crippen LogP contribution in [-0.2, 0) is 9.53 Å². The van der Waals surface area contributed by atoms with E-state index in [1.165, 1.54) is 19.3 Å². The van der Waals surface area contributed by atoms with Gasteiger partial charge in [-0.05, 0) is 112 Å². The number of aliphatic hydroxyl groups excluding tert-OH is 4. The summed E-state index contributed by atoms with van der Waals surface area (Å²) in [7, 11) is 0. The first-order valence-electron chi connectivity index (χ1n) is 20.5. The van der Waals surface area contributed by atoms with Crippen molar-refractivity contribution in [2.24, 2.45) is 46.3 Å². The third kappa shape index (κ3) is 6.14. The highest BCUT2D eigenvalue weighted by Crippen LogP contribution is 2.73. The number of carbonyl (C=O) groups is 1. The summed E-state index contributed by atoms with van der Waals surface area (Å²) in [6.45, 7) is 10.6. The van der Waals surface area contributed by atoms with Gasteiger partial charge in [-0.3, -0.25) is 4.79 Å². The zero-order chi connectivity index (χ0) is 36.2. The van der Waals surface area contributed by atoms with Crippen LogP contribution in [0.2, 0.25) is 0 Å². The van der Waals surface area contributed by atoms with Crippen LogP contribution in [-0.4, -0.2) is 91.3 Å². The van der Waals surface area contributed by atoms with Crippen LogP contribution in [0.25, 0.3) is 0 Å². The van der Waals surface area contributed by atoms with Crippen molar-refractivity contribution in [3.8, 4) is 0 Å². The number of fused-ring (bicyclic) bond motifs is 5. The van der Waals surface area contributed by atoms with Crippen LogP contribution in [0.15, 0.2) is 11.3 Å². The number of ether oxygens (including phenoxy) is 1. The first kappa shape index (κ1) is 38.6. The Balaban J connectivity index is 1.41. The van der Waals surface area contributed by atoms with E-state index in [1.807, 2.05) is 0 Å². The Morgan fingerprint density at radius 2 is 1.72 bits per heavy atom. The SMILES string of the molecule is CCCCCCC1COC(C(O)C(C)(O)C2CCC3(O)C4=C(NCC(C)O)C(=O)C5CC(O)C(O)CC5(C)C4CCC23C2CCCCC2)C1C. The minimum atomic E-state index is -1.55. The molecule has 286 valence electrons. The summed E-state index contributed by atoms with van der Waals surface area (Å²) in [6, 6.07) is 0. The van der Waals surface area contributed by atoms with Gasteiger partial charge in [0.15, 0.2) is 5.78 Å². The number of carbonyl (C=O) groups excluding carboxylic acids is 1. The van der Waals surface area contributed by atoms with Crippen LogP contribution in [0.5, 0.6) is 0 Å². The highest BCUT2D eigenvalue weighted by molar-refractivity contribution is 5.99.